The SMILES string of the molecule is CCCCN1[C+]=NC=C1.[F-]. The fraction of sp³-hybridized carbons (Fsp3) is 0.571. The normalized spacial score (nSPS) is 13.1. The number of unbranched alkanes of at least 4 members (excludes halogenated alkanes) is 1. The van der Waals surface area contributed by atoms with Gasteiger partial charge in [-0.15, -0.1) is 0 Å². The van der Waals surface area contributed by atoms with Crippen LogP contribution in [0.2, 0.25) is 0 Å². The smallest absolute Gasteiger partial charge is 0.255 e. The number of halogens is 1. The lowest BCUT2D eigenvalue weighted by atomic mass is 10.3. The maximum atomic E-state index is 3.81. The van der Waals surface area contributed by atoms with E-state index < -0.39 is 0 Å². The molecule has 0 atom stereocenters. The largest absolute Gasteiger partial charge is 1.00 e. The number of aliphatic imine (C=N–C) groups is 1. The topological polar surface area (TPSA) is 15.6 Å². The van der Waals surface area contributed by atoms with Gasteiger partial charge in [-0.2, -0.15) is 4.90 Å². The fourth-order valence-electron chi connectivity index (χ4n) is 0.708. The minimum absolute atomic E-state index is 0. The molecule has 0 aliphatic carbocycles. The van der Waals surface area contributed by atoms with Crippen LogP contribution in [0.3, 0.4) is 0 Å². The maximum absolute atomic E-state index is 3.81. The quantitative estimate of drug-likeness (QED) is 0.437. The minimum atomic E-state index is 0. The highest BCUT2D eigenvalue weighted by Gasteiger charge is 2.07. The van der Waals surface area contributed by atoms with Crippen molar-refractivity contribution in [3.8, 4) is 0 Å². The van der Waals surface area contributed by atoms with Crippen molar-refractivity contribution in [1.29, 1.82) is 0 Å². The zero-order valence-electron chi connectivity index (χ0n) is 6.05. The van der Waals surface area contributed by atoms with Gasteiger partial charge in [0.15, 0.2) is 6.20 Å². The summed E-state index contributed by atoms with van der Waals surface area (Å²) in [7, 11) is 0. The van der Waals surface area contributed by atoms with E-state index in [-0.39, 0.29) is 4.70 Å². The number of nitrogens with zero attached hydrogens (tertiary/aromatic N) is 2. The molecule has 3 heteroatoms. The third kappa shape index (κ3) is 2.55. The highest BCUT2D eigenvalue weighted by molar-refractivity contribution is 5.59. The van der Waals surface area contributed by atoms with Gasteiger partial charge >= 0.3 is 0 Å². The summed E-state index contributed by atoms with van der Waals surface area (Å²) in [6, 6.07) is 0. The molecule has 0 spiro atoms. The third-order valence-corrected chi connectivity index (χ3v) is 1.26. The molecular formula is C7H11FN2. The van der Waals surface area contributed by atoms with Crippen LogP contribution in [0.25, 0.3) is 0 Å². The van der Waals surface area contributed by atoms with Gasteiger partial charge in [-0.3, -0.25) is 0 Å². The molecule has 1 aliphatic heterocycles. The van der Waals surface area contributed by atoms with Crippen LogP contribution < -0.4 is 4.70 Å². The fourth-order valence-corrected chi connectivity index (χ4v) is 0.708. The second kappa shape index (κ2) is 4.89. The molecule has 1 aliphatic rings. The molecule has 56 valence electrons. The van der Waals surface area contributed by atoms with E-state index in [4.69, 9.17) is 0 Å². The molecule has 10 heavy (non-hydrogen) atoms. The van der Waals surface area contributed by atoms with Gasteiger partial charge in [0.25, 0.3) is 6.34 Å². The Labute approximate surface area is 60.6 Å². The van der Waals surface area contributed by atoms with Crippen molar-refractivity contribution in [3.05, 3.63) is 12.4 Å². The van der Waals surface area contributed by atoms with Gasteiger partial charge in [0.2, 0.25) is 6.20 Å². The van der Waals surface area contributed by atoms with Gasteiger partial charge in [0.05, 0.1) is 6.54 Å². The molecule has 0 aromatic carbocycles. The zero-order valence-corrected chi connectivity index (χ0v) is 6.05. The van der Waals surface area contributed by atoms with Gasteiger partial charge in [0.1, 0.15) is 0 Å². The molecule has 0 N–H and O–H groups in total. The van der Waals surface area contributed by atoms with Gasteiger partial charge in [0, 0.05) is 0 Å². The number of rotatable bonds is 3. The Kier molecular flexibility index (Phi) is 4.42. The first-order valence-corrected chi connectivity index (χ1v) is 3.32. The van der Waals surface area contributed by atoms with Crippen molar-refractivity contribution in [2.45, 2.75) is 19.8 Å². The Hall–Kier alpha value is -0.950. The highest BCUT2D eigenvalue weighted by atomic mass is 19.0. The molecule has 2 nitrogen and oxygen atoms in total. The Morgan fingerprint density at radius 2 is 2.40 bits per heavy atom. The monoisotopic (exact) mass is 142 g/mol. The Bertz CT molecular complexity index is 120. The van der Waals surface area contributed by atoms with E-state index in [2.05, 4.69) is 18.3 Å². The molecule has 0 saturated carbocycles. The lowest BCUT2D eigenvalue weighted by molar-refractivity contribution is -0.00000197. The van der Waals surface area contributed by atoms with E-state index in [0.29, 0.717) is 0 Å². The zero-order chi connectivity index (χ0) is 6.53. The Balaban J connectivity index is 0.000000810. The first-order valence-electron chi connectivity index (χ1n) is 3.32. The van der Waals surface area contributed by atoms with Crippen LogP contribution in [0.1, 0.15) is 19.8 Å². The summed E-state index contributed by atoms with van der Waals surface area (Å²) >= 11 is 0. The Morgan fingerprint density at radius 3 is 2.90 bits per heavy atom. The van der Waals surface area contributed by atoms with Crippen molar-refractivity contribution in [2.75, 3.05) is 6.54 Å². The number of hydrogen-bond acceptors (Lipinski definition) is 2. The van der Waals surface area contributed by atoms with Gasteiger partial charge < -0.3 is 4.70 Å². The number of hydrogen-bond donors (Lipinski definition) is 0. The summed E-state index contributed by atoms with van der Waals surface area (Å²) in [6.45, 7) is 3.23. The highest BCUT2D eigenvalue weighted by Crippen LogP contribution is 1.97. The average Bonchev–Trinajstić information content (AvgIpc) is 2.34. The standard InChI is InChI=1S/C7H11N2.FH/c1-2-3-5-9-6-4-8-7-9;/h4,6H,2-3,5H2,1H3;1H/q+1;/p-1. The molecule has 1 heterocycles. The second-order valence-electron chi connectivity index (χ2n) is 2.07. The summed E-state index contributed by atoms with van der Waals surface area (Å²) in [6.07, 6.45) is 8.98. The van der Waals surface area contributed by atoms with Crippen molar-refractivity contribution < 1.29 is 4.70 Å². The molecule has 0 saturated heterocycles. The van der Waals surface area contributed by atoms with Crippen molar-refractivity contribution >= 4 is 6.34 Å². The van der Waals surface area contributed by atoms with E-state index in [0.717, 1.165) is 6.54 Å². The lowest BCUT2D eigenvalue weighted by Crippen LogP contribution is -3.00. The predicted octanol–water partition coefficient (Wildman–Crippen LogP) is -1.52. The molecule has 0 bridgehead atoms. The molecule has 0 aromatic heterocycles. The van der Waals surface area contributed by atoms with Crippen molar-refractivity contribution in [1.82, 2.24) is 4.90 Å². The van der Waals surface area contributed by atoms with Crippen LogP contribution in [0.4, 0.5) is 0 Å². The molecule has 0 amide bonds. The van der Waals surface area contributed by atoms with Gasteiger partial charge in [-0.25, -0.2) is 0 Å². The average molecular weight is 142 g/mol. The van der Waals surface area contributed by atoms with Crippen LogP contribution in [-0.4, -0.2) is 17.8 Å². The molecule has 1 rings (SSSR count). The second-order valence-corrected chi connectivity index (χ2v) is 2.07. The van der Waals surface area contributed by atoms with Crippen LogP contribution in [0.5, 0.6) is 0 Å². The molecule has 0 unspecified atom stereocenters. The van der Waals surface area contributed by atoms with Gasteiger partial charge in [-0.1, -0.05) is 13.3 Å². The molecule has 0 aromatic rings. The summed E-state index contributed by atoms with van der Waals surface area (Å²) in [4.78, 5) is 5.79. The van der Waals surface area contributed by atoms with E-state index in [9.17, 15) is 0 Å². The van der Waals surface area contributed by atoms with Crippen LogP contribution in [0.15, 0.2) is 17.4 Å². The van der Waals surface area contributed by atoms with E-state index in [1.165, 1.54) is 12.8 Å². The van der Waals surface area contributed by atoms with Gasteiger partial charge in [-0.05, 0) is 11.4 Å². The Morgan fingerprint density at radius 1 is 1.60 bits per heavy atom. The summed E-state index contributed by atoms with van der Waals surface area (Å²) < 4.78 is 0. The molecule has 0 fully saturated rings. The first kappa shape index (κ1) is 9.05. The van der Waals surface area contributed by atoms with Crippen molar-refractivity contribution in [3.63, 3.8) is 0 Å². The van der Waals surface area contributed by atoms with E-state index in [1.807, 2.05) is 11.1 Å². The van der Waals surface area contributed by atoms with E-state index in [1.54, 1.807) is 6.20 Å². The summed E-state index contributed by atoms with van der Waals surface area (Å²) in [5.41, 5.74) is 0. The van der Waals surface area contributed by atoms with Crippen molar-refractivity contribution in [2.24, 2.45) is 4.99 Å². The first-order chi connectivity index (χ1) is 4.43. The molecular weight excluding hydrogens is 131 g/mol. The molecule has 0 radical (unpaired) electrons. The van der Waals surface area contributed by atoms with Crippen LogP contribution in [0, 0.1) is 0 Å². The lowest BCUT2D eigenvalue weighted by Gasteiger charge is -1.98. The summed E-state index contributed by atoms with van der Waals surface area (Å²) in [5.74, 6) is 0. The minimum Gasteiger partial charge on any atom is -1.00 e. The van der Waals surface area contributed by atoms with E-state index >= 15 is 0 Å². The maximum Gasteiger partial charge on any atom is 0.255 e. The third-order valence-electron chi connectivity index (χ3n) is 1.26. The summed E-state index contributed by atoms with van der Waals surface area (Å²) in [5, 5.41) is 0. The van der Waals surface area contributed by atoms with Crippen LogP contribution in [-0.2, 0) is 0 Å². The predicted molar refractivity (Wildman–Crippen MR) is 38.2 cm³/mol. The van der Waals surface area contributed by atoms with Crippen LogP contribution >= 0.6 is 0 Å².